The van der Waals surface area contributed by atoms with Crippen molar-refractivity contribution in [3.05, 3.63) is 41.8 Å². The van der Waals surface area contributed by atoms with Crippen LogP contribution in [0, 0.1) is 17.2 Å². The number of amides is 1. The lowest BCUT2D eigenvalue weighted by molar-refractivity contribution is -0.120. The molecule has 0 saturated carbocycles. The summed E-state index contributed by atoms with van der Waals surface area (Å²) in [7, 11) is 0. The van der Waals surface area contributed by atoms with Crippen LogP contribution in [0.4, 0.5) is 11.6 Å². The standard InChI is InChI=1S/C23H20N4O6/c1-13(28)15-9-19-20(32-12-31-19)10-16(15)25-21(29)14-4-6-27(7-5-14)23-17(11-24)26-22(33-23)18-3-2-8-30-18/h2-3,8-10,14H,4-7,12H2,1H3,(H,25,29). The molecule has 0 bridgehead atoms. The minimum absolute atomic E-state index is 0.0799. The monoisotopic (exact) mass is 448 g/mol. The van der Waals surface area contributed by atoms with E-state index in [1.54, 1.807) is 24.3 Å². The molecule has 0 atom stereocenters. The summed E-state index contributed by atoms with van der Waals surface area (Å²) in [6.07, 6.45) is 2.61. The molecule has 0 aliphatic carbocycles. The van der Waals surface area contributed by atoms with Gasteiger partial charge in [-0.3, -0.25) is 9.59 Å². The third-order valence-corrected chi connectivity index (χ3v) is 5.75. The van der Waals surface area contributed by atoms with E-state index in [2.05, 4.69) is 16.4 Å². The molecule has 0 spiro atoms. The van der Waals surface area contributed by atoms with E-state index in [4.69, 9.17) is 18.3 Å². The van der Waals surface area contributed by atoms with Crippen molar-refractivity contribution in [2.45, 2.75) is 19.8 Å². The van der Waals surface area contributed by atoms with Gasteiger partial charge in [0.1, 0.15) is 6.07 Å². The number of hydrogen-bond donors (Lipinski definition) is 1. The van der Waals surface area contributed by atoms with Gasteiger partial charge in [-0.15, -0.1) is 0 Å². The first-order valence-electron chi connectivity index (χ1n) is 10.5. The second-order valence-electron chi connectivity index (χ2n) is 7.82. The van der Waals surface area contributed by atoms with Gasteiger partial charge in [-0.25, -0.2) is 0 Å². The molecule has 5 rings (SSSR count). The van der Waals surface area contributed by atoms with Crippen LogP contribution in [0.2, 0.25) is 0 Å². The summed E-state index contributed by atoms with van der Waals surface area (Å²) >= 11 is 0. The maximum Gasteiger partial charge on any atom is 0.266 e. The van der Waals surface area contributed by atoms with Crippen molar-refractivity contribution in [1.29, 1.82) is 5.26 Å². The zero-order valence-electron chi connectivity index (χ0n) is 17.8. The normalized spacial score (nSPS) is 15.3. The van der Waals surface area contributed by atoms with Gasteiger partial charge >= 0.3 is 0 Å². The van der Waals surface area contributed by atoms with E-state index in [1.807, 2.05) is 4.90 Å². The van der Waals surface area contributed by atoms with Crippen LogP contribution in [0.5, 0.6) is 11.5 Å². The Labute approximate surface area is 188 Å². The number of aromatic nitrogens is 1. The van der Waals surface area contributed by atoms with Crippen LogP contribution in [0.25, 0.3) is 11.7 Å². The highest BCUT2D eigenvalue weighted by molar-refractivity contribution is 6.05. The molecule has 33 heavy (non-hydrogen) atoms. The number of benzene rings is 1. The number of hydrogen-bond acceptors (Lipinski definition) is 9. The Balaban J connectivity index is 1.27. The van der Waals surface area contributed by atoms with Gasteiger partial charge in [0, 0.05) is 30.6 Å². The second-order valence-corrected chi connectivity index (χ2v) is 7.82. The van der Waals surface area contributed by atoms with Gasteiger partial charge in [-0.2, -0.15) is 10.2 Å². The number of oxazole rings is 1. The predicted octanol–water partition coefficient (Wildman–Crippen LogP) is 3.59. The molecule has 1 N–H and O–H groups in total. The number of furan rings is 1. The molecule has 2 aliphatic rings. The largest absolute Gasteiger partial charge is 0.459 e. The second kappa shape index (κ2) is 8.35. The Kier molecular flexibility index (Phi) is 5.22. The van der Waals surface area contributed by atoms with E-state index in [0.29, 0.717) is 60.3 Å². The zero-order valence-corrected chi connectivity index (χ0v) is 17.8. The Bertz CT molecular complexity index is 1250. The number of carbonyl (C=O) groups excluding carboxylic acids is 2. The van der Waals surface area contributed by atoms with E-state index in [9.17, 15) is 14.9 Å². The first-order chi connectivity index (χ1) is 16.0. The fourth-order valence-corrected chi connectivity index (χ4v) is 4.02. The number of nitrogens with one attached hydrogen (secondary N) is 1. The molecule has 1 aromatic carbocycles. The highest BCUT2D eigenvalue weighted by Gasteiger charge is 2.30. The minimum Gasteiger partial charge on any atom is -0.459 e. The van der Waals surface area contributed by atoms with Crippen LogP contribution in [-0.4, -0.2) is 36.6 Å². The number of fused-ring (bicyclic) bond motifs is 1. The van der Waals surface area contributed by atoms with Crippen LogP contribution < -0.4 is 19.7 Å². The van der Waals surface area contributed by atoms with Gasteiger partial charge in [-0.1, -0.05) is 0 Å². The Morgan fingerprint density at radius 1 is 1.21 bits per heavy atom. The van der Waals surface area contributed by atoms with Crippen molar-refractivity contribution >= 4 is 23.3 Å². The molecule has 3 aromatic rings. The number of nitriles is 1. The lowest BCUT2D eigenvalue weighted by Crippen LogP contribution is -2.38. The molecular formula is C23H20N4O6. The number of anilines is 2. The Morgan fingerprint density at radius 3 is 2.64 bits per heavy atom. The Hall–Kier alpha value is -4.26. The summed E-state index contributed by atoms with van der Waals surface area (Å²) in [6, 6.07) is 8.69. The fraction of sp³-hybridized carbons (Fsp3) is 0.304. The Morgan fingerprint density at radius 2 is 1.97 bits per heavy atom. The number of Topliss-reactive ketones (excluding diaryl/α,β-unsaturated/α-hetero) is 1. The van der Waals surface area contributed by atoms with Gasteiger partial charge < -0.3 is 28.5 Å². The summed E-state index contributed by atoms with van der Waals surface area (Å²) in [4.78, 5) is 31.1. The molecule has 1 saturated heterocycles. The third-order valence-electron chi connectivity index (χ3n) is 5.75. The number of ether oxygens (including phenoxy) is 2. The molecule has 1 amide bonds. The van der Waals surface area contributed by atoms with Gasteiger partial charge in [0.05, 0.1) is 12.0 Å². The summed E-state index contributed by atoms with van der Waals surface area (Å²) in [5.41, 5.74) is 0.954. The first-order valence-corrected chi connectivity index (χ1v) is 10.5. The number of carbonyl (C=O) groups is 2. The van der Waals surface area contributed by atoms with Gasteiger partial charge in [-0.05, 0) is 38.0 Å². The zero-order chi connectivity index (χ0) is 22.9. The summed E-state index contributed by atoms with van der Waals surface area (Å²) in [5.74, 6) is 1.42. The van der Waals surface area contributed by atoms with Crippen LogP contribution >= 0.6 is 0 Å². The van der Waals surface area contributed by atoms with E-state index in [1.165, 1.54) is 13.2 Å². The SMILES string of the molecule is CC(=O)c1cc2c(cc1NC(=O)C1CCN(c3oc(-c4ccco4)nc3C#N)CC1)OCO2. The van der Waals surface area contributed by atoms with Crippen LogP contribution in [0.15, 0.2) is 39.4 Å². The average molecular weight is 448 g/mol. The maximum absolute atomic E-state index is 13.0. The molecule has 2 aromatic heterocycles. The number of piperidine rings is 1. The van der Waals surface area contributed by atoms with Crippen molar-refractivity contribution in [1.82, 2.24) is 4.98 Å². The smallest absolute Gasteiger partial charge is 0.266 e. The van der Waals surface area contributed by atoms with Crippen LogP contribution in [-0.2, 0) is 4.79 Å². The topological polar surface area (TPSA) is 131 Å². The van der Waals surface area contributed by atoms with Gasteiger partial charge in [0.25, 0.3) is 5.89 Å². The first kappa shape index (κ1) is 20.6. The number of ketones is 1. The van der Waals surface area contributed by atoms with Gasteiger partial charge in [0.15, 0.2) is 23.0 Å². The van der Waals surface area contributed by atoms with E-state index in [-0.39, 0.29) is 36.0 Å². The van der Waals surface area contributed by atoms with Crippen molar-refractivity contribution < 1.29 is 27.9 Å². The number of nitrogens with zero attached hydrogens (tertiary/aromatic N) is 3. The molecule has 0 unspecified atom stereocenters. The molecule has 1 fully saturated rings. The van der Waals surface area contributed by atoms with E-state index >= 15 is 0 Å². The van der Waals surface area contributed by atoms with E-state index < -0.39 is 0 Å². The molecule has 4 heterocycles. The summed E-state index contributed by atoms with van der Waals surface area (Å²) < 4.78 is 21.8. The molecule has 2 aliphatic heterocycles. The lowest BCUT2D eigenvalue weighted by atomic mass is 9.95. The van der Waals surface area contributed by atoms with Crippen molar-refractivity contribution in [3.8, 4) is 29.2 Å². The molecule has 10 heteroatoms. The summed E-state index contributed by atoms with van der Waals surface area (Å²) in [5, 5.41) is 12.3. The van der Waals surface area contributed by atoms with Crippen LogP contribution in [0.3, 0.4) is 0 Å². The van der Waals surface area contributed by atoms with Crippen molar-refractivity contribution in [3.63, 3.8) is 0 Å². The van der Waals surface area contributed by atoms with Gasteiger partial charge in [0.2, 0.25) is 24.3 Å². The van der Waals surface area contributed by atoms with Crippen molar-refractivity contribution in [2.75, 3.05) is 30.1 Å². The quantitative estimate of drug-likeness (QED) is 0.582. The fourth-order valence-electron chi connectivity index (χ4n) is 4.02. The number of rotatable bonds is 5. The lowest BCUT2D eigenvalue weighted by Gasteiger charge is -2.31. The van der Waals surface area contributed by atoms with E-state index in [0.717, 1.165) is 0 Å². The molecule has 168 valence electrons. The average Bonchev–Trinajstić information content (AvgIpc) is 3.58. The third kappa shape index (κ3) is 3.89. The maximum atomic E-state index is 13.0. The molecule has 0 radical (unpaired) electrons. The predicted molar refractivity (Wildman–Crippen MR) is 115 cm³/mol. The highest BCUT2D eigenvalue weighted by atomic mass is 16.7. The molecular weight excluding hydrogens is 428 g/mol. The van der Waals surface area contributed by atoms with Crippen molar-refractivity contribution in [2.24, 2.45) is 5.92 Å². The minimum atomic E-state index is -0.260. The molecule has 10 nitrogen and oxygen atoms in total. The summed E-state index contributed by atoms with van der Waals surface area (Å²) in [6.45, 7) is 2.55. The van der Waals surface area contributed by atoms with Crippen LogP contribution in [0.1, 0.15) is 35.8 Å². The highest BCUT2D eigenvalue weighted by Crippen LogP contribution is 2.38.